The molecule has 2 aromatic heterocycles. The number of nitrogens with one attached hydrogen (secondary N) is 1. The zero-order chi connectivity index (χ0) is 13.2. The Bertz CT molecular complexity index is 685. The largest absolute Gasteiger partial charge is 0.309 e. The van der Waals surface area contributed by atoms with Crippen molar-refractivity contribution < 1.29 is 0 Å². The molecule has 0 saturated carbocycles. The van der Waals surface area contributed by atoms with Crippen LogP contribution >= 0.6 is 11.3 Å². The van der Waals surface area contributed by atoms with Crippen molar-refractivity contribution in [3.05, 3.63) is 64.8 Å². The van der Waals surface area contributed by atoms with E-state index in [9.17, 15) is 0 Å². The third-order valence-corrected chi connectivity index (χ3v) is 4.36. The van der Waals surface area contributed by atoms with Crippen LogP contribution in [-0.2, 0) is 0 Å². The molecule has 1 aromatic carbocycles. The normalized spacial score (nSPS) is 12.7. The van der Waals surface area contributed by atoms with E-state index < -0.39 is 0 Å². The van der Waals surface area contributed by atoms with E-state index >= 15 is 0 Å². The molecule has 0 bridgehead atoms. The number of rotatable bonds is 3. The molecule has 1 N–H and O–H groups in total. The molecule has 19 heavy (non-hydrogen) atoms. The predicted octanol–water partition coefficient (Wildman–Crippen LogP) is 3.91. The van der Waals surface area contributed by atoms with Gasteiger partial charge >= 0.3 is 0 Å². The van der Waals surface area contributed by atoms with Crippen LogP contribution in [0.15, 0.2) is 48.0 Å². The van der Waals surface area contributed by atoms with E-state index in [-0.39, 0.29) is 6.04 Å². The van der Waals surface area contributed by atoms with Crippen molar-refractivity contribution >= 4 is 21.4 Å². The summed E-state index contributed by atoms with van der Waals surface area (Å²) in [6.07, 6.45) is 1.96. The fraction of sp³-hybridized carbons (Fsp3) is 0.188. The first-order valence-corrected chi connectivity index (χ1v) is 7.23. The lowest BCUT2D eigenvalue weighted by Gasteiger charge is -2.18. The summed E-state index contributed by atoms with van der Waals surface area (Å²) >= 11 is 1.80. The quantitative estimate of drug-likeness (QED) is 0.779. The Balaban J connectivity index is 2.11. The first-order chi connectivity index (χ1) is 9.29. The van der Waals surface area contributed by atoms with Gasteiger partial charge in [-0.3, -0.25) is 4.98 Å². The lowest BCUT2D eigenvalue weighted by Crippen LogP contribution is -2.17. The summed E-state index contributed by atoms with van der Waals surface area (Å²) in [4.78, 5) is 4.40. The van der Waals surface area contributed by atoms with Crippen molar-refractivity contribution in [2.24, 2.45) is 0 Å². The van der Waals surface area contributed by atoms with Crippen LogP contribution in [-0.4, -0.2) is 12.0 Å². The molecule has 0 aliphatic carbocycles. The zero-order valence-electron chi connectivity index (χ0n) is 11.1. The highest BCUT2D eigenvalue weighted by Crippen LogP contribution is 2.31. The number of fused-ring (bicyclic) bond motifs is 1. The first kappa shape index (κ1) is 12.3. The van der Waals surface area contributed by atoms with Crippen molar-refractivity contribution in [3.8, 4) is 0 Å². The number of hydrogen-bond donors (Lipinski definition) is 1. The van der Waals surface area contributed by atoms with Crippen LogP contribution in [0.1, 0.15) is 22.9 Å². The Hall–Kier alpha value is -1.71. The maximum atomic E-state index is 4.40. The van der Waals surface area contributed by atoms with Gasteiger partial charge in [-0.05, 0) is 48.0 Å². The van der Waals surface area contributed by atoms with Gasteiger partial charge in [0.05, 0.1) is 6.04 Å². The van der Waals surface area contributed by atoms with E-state index in [2.05, 4.69) is 52.1 Å². The van der Waals surface area contributed by atoms with Crippen LogP contribution < -0.4 is 5.32 Å². The molecule has 2 heterocycles. The second kappa shape index (κ2) is 5.11. The third kappa shape index (κ3) is 2.27. The third-order valence-electron chi connectivity index (χ3n) is 3.38. The van der Waals surface area contributed by atoms with Crippen LogP contribution in [0.3, 0.4) is 0 Å². The smallest absolute Gasteiger partial charge is 0.0603 e. The molecule has 0 amide bonds. The van der Waals surface area contributed by atoms with Gasteiger partial charge in [0.15, 0.2) is 0 Å². The Labute approximate surface area is 117 Å². The standard InChI is InChI=1S/C16H16N2S/c1-11-6-7-13(10-18-11)15(17-2)14-5-3-4-12-8-9-19-16(12)14/h3-10,15,17H,1-2H3. The van der Waals surface area contributed by atoms with E-state index in [4.69, 9.17) is 0 Å². The molecule has 0 aliphatic heterocycles. The topological polar surface area (TPSA) is 24.9 Å². The molecular weight excluding hydrogens is 252 g/mol. The maximum absolute atomic E-state index is 4.40. The molecule has 0 spiro atoms. The van der Waals surface area contributed by atoms with Gasteiger partial charge in [0.2, 0.25) is 0 Å². The summed E-state index contributed by atoms with van der Waals surface area (Å²) in [7, 11) is 2.00. The highest BCUT2D eigenvalue weighted by atomic mass is 32.1. The summed E-state index contributed by atoms with van der Waals surface area (Å²) in [6.45, 7) is 2.01. The SMILES string of the molecule is CNC(c1ccc(C)nc1)c1cccc2ccsc12. The number of aryl methyl sites for hydroxylation is 1. The van der Waals surface area contributed by atoms with Gasteiger partial charge in [-0.1, -0.05) is 24.3 Å². The first-order valence-electron chi connectivity index (χ1n) is 6.35. The second-order valence-electron chi connectivity index (χ2n) is 4.64. The van der Waals surface area contributed by atoms with E-state index in [0.29, 0.717) is 0 Å². The summed E-state index contributed by atoms with van der Waals surface area (Å²) in [6, 6.07) is 13.1. The van der Waals surface area contributed by atoms with Crippen molar-refractivity contribution in [3.63, 3.8) is 0 Å². The minimum atomic E-state index is 0.190. The number of hydrogen-bond acceptors (Lipinski definition) is 3. The summed E-state index contributed by atoms with van der Waals surface area (Å²) in [5.74, 6) is 0. The van der Waals surface area contributed by atoms with E-state index in [0.717, 1.165) is 5.69 Å². The molecule has 3 aromatic rings. The average molecular weight is 268 g/mol. The molecule has 3 heteroatoms. The van der Waals surface area contributed by atoms with E-state index in [1.807, 2.05) is 20.2 Å². The zero-order valence-corrected chi connectivity index (χ0v) is 11.9. The highest BCUT2D eigenvalue weighted by molar-refractivity contribution is 7.17. The number of nitrogens with zero attached hydrogens (tertiary/aromatic N) is 1. The Morgan fingerprint density at radius 3 is 2.79 bits per heavy atom. The molecule has 0 fully saturated rings. The molecule has 1 atom stereocenters. The van der Waals surface area contributed by atoms with Crippen molar-refractivity contribution in [1.29, 1.82) is 0 Å². The molecule has 0 aliphatic rings. The Morgan fingerprint density at radius 1 is 1.16 bits per heavy atom. The molecule has 3 rings (SSSR count). The van der Waals surface area contributed by atoms with Crippen LogP contribution in [0.4, 0.5) is 0 Å². The fourth-order valence-corrected chi connectivity index (χ4v) is 3.34. The van der Waals surface area contributed by atoms with Gasteiger partial charge in [0, 0.05) is 16.6 Å². The number of aromatic nitrogens is 1. The number of thiophene rings is 1. The predicted molar refractivity (Wildman–Crippen MR) is 81.7 cm³/mol. The average Bonchev–Trinajstić information content (AvgIpc) is 2.91. The van der Waals surface area contributed by atoms with Gasteiger partial charge in [0.25, 0.3) is 0 Å². The van der Waals surface area contributed by atoms with Crippen LogP contribution in [0.2, 0.25) is 0 Å². The number of benzene rings is 1. The van der Waals surface area contributed by atoms with E-state index in [1.165, 1.54) is 21.2 Å². The minimum absolute atomic E-state index is 0.190. The van der Waals surface area contributed by atoms with Gasteiger partial charge in [-0.2, -0.15) is 0 Å². The number of pyridine rings is 1. The lowest BCUT2D eigenvalue weighted by atomic mass is 9.99. The van der Waals surface area contributed by atoms with Gasteiger partial charge in [-0.15, -0.1) is 11.3 Å². The van der Waals surface area contributed by atoms with Crippen molar-refractivity contribution in [2.45, 2.75) is 13.0 Å². The molecule has 0 saturated heterocycles. The molecule has 96 valence electrons. The Morgan fingerprint density at radius 2 is 2.05 bits per heavy atom. The molecule has 2 nitrogen and oxygen atoms in total. The Kier molecular flexibility index (Phi) is 3.32. The molecule has 1 unspecified atom stereocenters. The van der Waals surface area contributed by atoms with Crippen LogP contribution in [0, 0.1) is 6.92 Å². The summed E-state index contributed by atoms with van der Waals surface area (Å²) < 4.78 is 1.35. The van der Waals surface area contributed by atoms with Crippen LogP contribution in [0.5, 0.6) is 0 Å². The van der Waals surface area contributed by atoms with E-state index in [1.54, 1.807) is 11.3 Å². The second-order valence-corrected chi connectivity index (χ2v) is 5.56. The fourth-order valence-electron chi connectivity index (χ4n) is 2.40. The van der Waals surface area contributed by atoms with Gasteiger partial charge in [0.1, 0.15) is 0 Å². The summed E-state index contributed by atoms with van der Waals surface area (Å²) in [5.41, 5.74) is 3.57. The van der Waals surface area contributed by atoms with Crippen molar-refractivity contribution in [2.75, 3.05) is 7.05 Å². The highest BCUT2D eigenvalue weighted by Gasteiger charge is 2.15. The molecular formula is C16H16N2S. The summed E-state index contributed by atoms with van der Waals surface area (Å²) in [5, 5.41) is 6.86. The van der Waals surface area contributed by atoms with Gasteiger partial charge in [-0.25, -0.2) is 0 Å². The minimum Gasteiger partial charge on any atom is -0.309 e. The van der Waals surface area contributed by atoms with Crippen molar-refractivity contribution in [1.82, 2.24) is 10.3 Å². The van der Waals surface area contributed by atoms with Gasteiger partial charge < -0.3 is 5.32 Å². The van der Waals surface area contributed by atoms with Crippen LogP contribution in [0.25, 0.3) is 10.1 Å². The molecule has 0 radical (unpaired) electrons. The monoisotopic (exact) mass is 268 g/mol. The maximum Gasteiger partial charge on any atom is 0.0603 e. The lowest BCUT2D eigenvalue weighted by molar-refractivity contribution is 0.694.